The van der Waals surface area contributed by atoms with E-state index in [2.05, 4.69) is 22.3 Å². The first-order valence-electron chi connectivity index (χ1n) is 10.9. The lowest BCUT2D eigenvalue weighted by molar-refractivity contribution is 0.0290. The molecule has 1 heterocycles. The zero-order valence-electron chi connectivity index (χ0n) is 18.8. The SMILES string of the molecule is CC(C)(C)OC(=O)N[C@@H](Cc1ccc(OCc2ccccc2)cc1)CN1CCOCC1. The number of benzene rings is 2. The molecule has 0 saturated carbocycles. The smallest absolute Gasteiger partial charge is 0.407 e. The van der Waals surface area contributed by atoms with Crippen molar-refractivity contribution in [1.29, 1.82) is 0 Å². The average molecular weight is 427 g/mol. The van der Waals surface area contributed by atoms with Gasteiger partial charge in [0.2, 0.25) is 0 Å². The fourth-order valence-corrected chi connectivity index (χ4v) is 3.48. The quantitative estimate of drug-likeness (QED) is 0.691. The molecule has 1 aliphatic heterocycles. The van der Waals surface area contributed by atoms with Gasteiger partial charge in [-0.3, -0.25) is 4.90 Å². The largest absolute Gasteiger partial charge is 0.489 e. The van der Waals surface area contributed by atoms with E-state index in [1.54, 1.807) is 0 Å². The van der Waals surface area contributed by atoms with Crippen molar-refractivity contribution in [3.63, 3.8) is 0 Å². The molecule has 0 spiro atoms. The second-order valence-electron chi connectivity index (χ2n) is 8.88. The fourth-order valence-electron chi connectivity index (χ4n) is 3.48. The standard InChI is InChI=1S/C25H34N2O4/c1-25(2,3)31-24(28)26-22(18-27-13-15-29-16-14-27)17-20-9-11-23(12-10-20)30-19-21-7-5-4-6-8-21/h4-12,22H,13-19H2,1-3H3,(H,26,28)/t22-/m0/s1. The second-order valence-corrected chi connectivity index (χ2v) is 8.88. The van der Waals surface area contributed by atoms with Crippen LogP contribution in [0.1, 0.15) is 31.9 Å². The maximum absolute atomic E-state index is 12.4. The third-order valence-corrected chi connectivity index (χ3v) is 4.96. The lowest BCUT2D eigenvalue weighted by Gasteiger charge is -2.31. The molecule has 2 aromatic carbocycles. The lowest BCUT2D eigenvalue weighted by Crippen LogP contribution is -2.49. The zero-order valence-corrected chi connectivity index (χ0v) is 18.8. The van der Waals surface area contributed by atoms with Gasteiger partial charge in [0.1, 0.15) is 18.0 Å². The van der Waals surface area contributed by atoms with Gasteiger partial charge in [-0.25, -0.2) is 4.79 Å². The van der Waals surface area contributed by atoms with Crippen molar-refractivity contribution < 1.29 is 19.0 Å². The van der Waals surface area contributed by atoms with Crippen LogP contribution in [0.4, 0.5) is 4.79 Å². The summed E-state index contributed by atoms with van der Waals surface area (Å²) in [6, 6.07) is 18.1. The number of carbonyl (C=O) groups excluding carboxylic acids is 1. The molecule has 1 amide bonds. The van der Waals surface area contributed by atoms with E-state index in [4.69, 9.17) is 14.2 Å². The van der Waals surface area contributed by atoms with Gasteiger partial charge in [-0.1, -0.05) is 42.5 Å². The first kappa shape index (κ1) is 23.1. The summed E-state index contributed by atoms with van der Waals surface area (Å²) in [5, 5.41) is 3.06. The monoisotopic (exact) mass is 426 g/mol. The van der Waals surface area contributed by atoms with E-state index in [9.17, 15) is 4.79 Å². The minimum absolute atomic E-state index is 0.0518. The maximum atomic E-state index is 12.4. The topological polar surface area (TPSA) is 60.0 Å². The number of carbonyl (C=O) groups is 1. The van der Waals surface area contributed by atoms with Crippen molar-refractivity contribution in [2.24, 2.45) is 0 Å². The summed E-state index contributed by atoms with van der Waals surface area (Å²) in [5.74, 6) is 0.831. The van der Waals surface area contributed by atoms with Crippen LogP contribution in [0.5, 0.6) is 5.75 Å². The van der Waals surface area contributed by atoms with Crippen molar-refractivity contribution in [1.82, 2.24) is 10.2 Å². The summed E-state index contributed by atoms with van der Waals surface area (Å²) in [5.41, 5.74) is 1.76. The Morgan fingerprint density at radius 2 is 1.71 bits per heavy atom. The molecule has 1 N–H and O–H groups in total. The summed E-state index contributed by atoms with van der Waals surface area (Å²) in [4.78, 5) is 14.7. The molecule has 6 nitrogen and oxygen atoms in total. The highest BCUT2D eigenvalue weighted by molar-refractivity contribution is 5.68. The molecule has 0 aliphatic carbocycles. The molecule has 3 rings (SSSR count). The molecule has 1 fully saturated rings. The fraction of sp³-hybridized carbons (Fsp3) is 0.480. The Bertz CT molecular complexity index is 797. The number of morpholine rings is 1. The molecule has 0 radical (unpaired) electrons. The Kier molecular flexibility index (Phi) is 8.32. The van der Waals surface area contributed by atoms with Gasteiger partial charge in [0.05, 0.1) is 13.2 Å². The highest BCUT2D eigenvalue weighted by Gasteiger charge is 2.22. The minimum Gasteiger partial charge on any atom is -0.489 e. The summed E-state index contributed by atoms with van der Waals surface area (Å²) in [6.07, 6.45) is 0.337. The van der Waals surface area contributed by atoms with Gasteiger partial charge >= 0.3 is 6.09 Å². The van der Waals surface area contributed by atoms with Crippen molar-refractivity contribution >= 4 is 6.09 Å². The van der Waals surface area contributed by atoms with Crippen molar-refractivity contribution in [2.75, 3.05) is 32.8 Å². The summed E-state index contributed by atoms with van der Waals surface area (Å²) >= 11 is 0. The van der Waals surface area contributed by atoms with E-state index in [0.717, 1.165) is 56.1 Å². The number of rotatable bonds is 8. The van der Waals surface area contributed by atoms with Crippen LogP contribution in [0.15, 0.2) is 54.6 Å². The number of amides is 1. The van der Waals surface area contributed by atoms with E-state index in [-0.39, 0.29) is 12.1 Å². The van der Waals surface area contributed by atoms with Gasteiger partial charge in [0.15, 0.2) is 0 Å². The lowest BCUT2D eigenvalue weighted by atomic mass is 10.0. The number of nitrogens with zero attached hydrogens (tertiary/aromatic N) is 1. The molecule has 1 saturated heterocycles. The number of alkyl carbamates (subject to hydrolysis) is 1. The molecule has 0 unspecified atom stereocenters. The Labute approximate surface area is 185 Å². The predicted octanol–water partition coefficient (Wildman–Crippen LogP) is 4.03. The second kappa shape index (κ2) is 11.2. The van der Waals surface area contributed by atoms with Crippen LogP contribution < -0.4 is 10.1 Å². The molecule has 2 aromatic rings. The summed E-state index contributed by atoms with van der Waals surface area (Å²) < 4.78 is 16.8. The number of ether oxygens (including phenoxy) is 3. The van der Waals surface area contributed by atoms with Crippen LogP contribution in [0.3, 0.4) is 0 Å². The Morgan fingerprint density at radius 1 is 1.03 bits per heavy atom. The number of hydrogen-bond acceptors (Lipinski definition) is 5. The number of nitrogens with one attached hydrogen (secondary N) is 1. The molecule has 1 aliphatic rings. The van der Waals surface area contributed by atoms with Gasteiger partial charge in [-0.15, -0.1) is 0 Å². The van der Waals surface area contributed by atoms with E-state index in [1.807, 2.05) is 63.2 Å². The normalized spacial score (nSPS) is 15.8. The summed E-state index contributed by atoms with van der Waals surface area (Å²) in [7, 11) is 0. The van der Waals surface area contributed by atoms with Crippen LogP contribution in [0.25, 0.3) is 0 Å². The first-order valence-corrected chi connectivity index (χ1v) is 10.9. The molecule has 6 heteroatoms. The van der Waals surface area contributed by atoms with E-state index in [0.29, 0.717) is 6.61 Å². The van der Waals surface area contributed by atoms with E-state index >= 15 is 0 Å². The molecule has 168 valence electrons. The van der Waals surface area contributed by atoms with Crippen molar-refractivity contribution in [3.05, 3.63) is 65.7 Å². The Morgan fingerprint density at radius 3 is 2.35 bits per heavy atom. The van der Waals surface area contributed by atoms with Crippen LogP contribution >= 0.6 is 0 Å². The van der Waals surface area contributed by atoms with Gasteiger partial charge in [-0.05, 0) is 50.5 Å². The van der Waals surface area contributed by atoms with Crippen LogP contribution in [0.2, 0.25) is 0 Å². The minimum atomic E-state index is -0.522. The molecule has 0 bridgehead atoms. The van der Waals surface area contributed by atoms with Crippen molar-refractivity contribution in [2.45, 2.75) is 45.4 Å². The molecular weight excluding hydrogens is 392 g/mol. The van der Waals surface area contributed by atoms with Gasteiger partial charge in [0.25, 0.3) is 0 Å². The van der Waals surface area contributed by atoms with Crippen molar-refractivity contribution in [3.8, 4) is 5.75 Å². The molecule has 1 atom stereocenters. The highest BCUT2D eigenvalue weighted by Crippen LogP contribution is 2.16. The molecule has 0 aromatic heterocycles. The zero-order chi connectivity index (χ0) is 22.1. The predicted molar refractivity (Wildman–Crippen MR) is 121 cm³/mol. The maximum Gasteiger partial charge on any atom is 0.407 e. The Hall–Kier alpha value is -2.57. The highest BCUT2D eigenvalue weighted by atomic mass is 16.6. The van der Waals surface area contributed by atoms with E-state index < -0.39 is 5.60 Å². The van der Waals surface area contributed by atoms with Gasteiger partial charge in [0, 0.05) is 25.7 Å². The van der Waals surface area contributed by atoms with E-state index in [1.165, 1.54) is 0 Å². The Balaban J connectivity index is 1.58. The first-order chi connectivity index (χ1) is 14.9. The molecular formula is C25H34N2O4. The van der Waals surface area contributed by atoms with Gasteiger partial charge in [-0.2, -0.15) is 0 Å². The third kappa shape index (κ3) is 8.59. The average Bonchev–Trinajstić information content (AvgIpc) is 2.73. The van der Waals surface area contributed by atoms with Crippen LogP contribution in [-0.4, -0.2) is 55.5 Å². The third-order valence-electron chi connectivity index (χ3n) is 4.96. The van der Waals surface area contributed by atoms with Gasteiger partial charge < -0.3 is 19.5 Å². The summed E-state index contributed by atoms with van der Waals surface area (Å²) in [6.45, 7) is 10.1. The van der Waals surface area contributed by atoms with Crippen LogP contribution in [-0.2, 0) is 22.5 Å². The van der Waals surface area contributed by atoms with Crippen LogP contribution in [0, 0.1) is 0 Å². The number of hydrogen-bond donors (Lipinski definition) is 1. The molecule has 31 heavy (non-hydrogen) atoms.